The van der Waals surface area contributed by atoms with Crippen LogP contribution in [0.15, 0.2) is 12.1 Å². The highest BCUT2D eigenvalue weighted by atomic mass is 35.5. The molecule has 0 amide bonds. The molecule has 86 valence electrons. The van der Waals surface area contributed by atoms with Crippen molar-refractivity contribution in [2.45, 2.75) is 37.6 Å². The molecule has 2 nitrogen and oxygen atoms in total. The van der Waals surface area contributed by atoms with Gasteiger partial charge in [-0.05, 0) is 37.5 Å². The van der Waals surface area contributed by atoms with Crippen LogP contribution in [0, 0.1) is 0 Å². The molecule has 1 heterocycles. The number of nitrogens with two attached hydrogens (primary N) is 1. The third-order valence-electron chi connectivity index (χ3n) is 3.95. The second kappa shape index (κ2) is 3.38. The third kappa shape index (κ3) is 1.36. The van der Waals surface area contributed by atoms with E-state index < -0.39 is 0 Å². The van der Waals surface area contributed by atoms with Crippen molar-refractivity contribution < 1.29 is 4.74 Å². The average molecular weight is 238 g/mol. The molecule has 1 saturated carbocycles. The molecule has 0 saturated heterocycles. The van der Waals surface area contributed by atoms with Gasteiger partial charge in [-0.15, -0.1) is 0 Å². The van der Waals surface area contributed by atoms with Crippen molar-refractivity contribution in [3.8, 4) is 5.75 Å². The van der Waals surface area contributed by atoms with E-state index in [-0.39, 0.29) is 11.5 Å². The third-order valence-corrected chi connectivity index (χ3v) is 4.16. The minimum atomic E-state index is 0.124. The summed E-state index contributed by atoms with van der Waals surface area (Å²) in [6, 6.07) is 4.23. The van der Waals surface area contributed by atoms with Gasteiger partial charge in [-0.1, -0.05) is 11.6 Å². The van der Waals surface area contributed by atoms with E-state index >= 15 is 0 Å². The van der Waals surface area contributed by atoms with Gasteiger partial charge in [0.15, 0.2) is 0 Å². The van der Waals surface area contributed by atoms with Crippen LogP contribution in [0.4, 0.5) is 0 Å². The Balaban J connectivity index is 2.14. The smallest absolute Gasteiger partial charge is 0.126 e. The summed E-state index contributed by atoms with van der Waals surface area (Å²) >= 11 is 6.17. The van der Waals surface area contributed by atoms with Crippen molar-refractivity contribution in [3.05, 3.63) is 28.3 Å². The topological polar surface area (TPSA) is 35.2 Å². The lowest BCUT2D eigenvalue weighted by atomic mass is 9.87. The highest BCUT2D eigenvalue weighted by Crippen LogP contribution is 2.55. The van der Waals surface area contributed by atoms with Crippen LogP contribution in [0.25, 0.3) is 0 Å². The first kappa shape index (κ1) is 10.4. The Labute approximate surface area is 101 Å². The number of ether oxygens (including phenoxy) is 1. The summed E-state index contributed by atoms with van der Waals surface area (Å²) in [5, 5.41) is 0.811. The predicted molar refractivity (Wildman–Crippen MR) is 65.2 cm³/mol. The normalized spacial score (nSPS) is 22.4. The van der Waals surface area contributed by atoms with Crippen LogP contribution < -0.4 is 10.5 Å². The standard InChI is InChI=1S/C13H16ClNO/c1-8(15)13(3-4-13)11-7-10(14)6-9-2-5-16-12(9)11/h6-8H,2-5,15H2,1H3. The summed E-state index contributed by atoms with van der Waals surface area (Å²) in [5.41, 5.74) is 8.72. The second-order valence-corrected chi connectivity index (χ2v) is 5.42. The molecule has 3 rings (SSSR count). The summed E-state index contributed by atoms with van der Waals surface area (Å²) in [5.74, 6) is 1.05. The van der Waals surface area contributed by atoms with Crippen LogP contribution in [0.5, 0.6) is 5.75 Å². The summed E-state index contributed by atoms with van der Waals surface area (Å²) in [6.45, 7) is 2.85. The zero-order chi connectivity index (χ0) is 11.3. The molecule has 2 N–H and O–H groups in total. The highest BCUT2D eigenvalue weighted by Gasteiger charge is 2.50. The molecule has 16 heavy (non-hydrogen) atoms. The molecule has 0 spiro atoms. The zero-order valence-electron chi connectivity index (χ0n) is 9.42. The number of rotatable bonds is 2. The molecule has 0 radical (unpaired) electrons. The summed E-state index contributed by atoms with van der Waals surface area (Å²) in [7, 11) is 0. The van der Waals surface area contributed by atoms with Crippen molar-refractivity contribution in [1.29, 1.82) is 0 Å². The molecule has 2 aliphatic rings. The van der Waals surface area contributed by atoms with Crippen LogP contribution >= 0.6 is 11.6 Å². The number of hydrogen-bond acceptors (Lipinski definition) is 2. The number of benzene rings is 1. The van der Waals surface area contributed by atoms with Gasteiger partial charge in [0.2, 0.25) is 0 Å². The minimum absolute atomic E-state index is 0.124. The molecular weight excluding hydrogens is 222 g/mol. The summed E-state index contributed by atoms with van der Waals surface area (Å²) < 4.78 is 5.75. The Morgan fingerprint density at radius 2 is 2.19 bits per heavy atom. The lowest BCUT2D eigenvalue weighted by molar-refractivity contribution is 0.347. The zero-order valence-corrected chi connectivity index (χ0v) is 10.2. The Kier molecular flexibility index (Phi) is 2.20. The van der Waals surface area contributed by atoms with Gasteiger partial charge in [-0.2, -0.15) is 0 Å². The van der Waals surface area contributed by atoms with Gasteiger partial charge in [0.1, 0.15) is 5.75 Å². The molecular formula is C13H16ClNO. The Bertz CT molecular complexity index is 438. The second-order valence-electron chi connectivity index (χ2n) is 4.98. The van der Waals surface area contributed by atoms with E-state index in [0.29, 0.717) is 0 Å². The van der Waals surface area contributed by atoms with E-state index in [2.05, 4.69) is 6.92 Å². The fourth-order valence-corrected chi connectivity index (χ4v) is 2.98. The minimum Gasteiger partial charge on any atom is -0.493 e. The number of fused-ring (bicyclic) bond motifs is 1. The van der Waals surface area contributed by atoms with Gasteiger partial charge in [-0.3, -0.25) is 0 Å². The van der Waals surface area contributed by atoms with Crippen molar-refractivity contribution in [1.82, 2.24) is 0 Å². The largest absolute Gasteiger partial charge is 0.493 e. The van der Waals surface area contributed by atoms with Crippen LogP contribution in [0.3, 0.4) is 0 Å². The molecule has 1 fully saturated rings. The fourth-order valence-electron chi connectivity index (χ4n) is 2.74. The molecule has 1 unspecified atom stereocenters. The quantitative estimate of drug-likeness (QED) is 0.858. The van der Waals surface area contributed by atoms with E-state index in [1.54, 1.807) is 0 Å². The molecule has 1 aliphatic carbocycles. The molecule has 1 atom stereocenters. The van der Waals surface area contributed by atoms with Gasteiger partial charge in [-0.25, -0.2) is 0 Å². The van der Waals surface area contributed by atoms with Gasteiger partial charge in [0.05, 0.1) is 6.61 Å². The van der Waals surface area contributed by atoms with Crippen molar-refractivity contribution in [3.63, 3.8) is 0 Å². The van der Waals surface area contributed by atoms with Gasteiger partial charge >= 0.3 is 0 Å². The van der Waals surface area contributed by atoms with E-state index in [4.69, 9.17) is 22.1 Å². The fraction of sp³-hybridized carbons (Fsp3) is 0.538. The lowest BCUT2D eigenvalue weighted by Crippen LogP contribution is -2.31. The predicted octanol–water partition coefficient (Wildman–Crippen LogP) is 2.65. The van der Waals surface area contributed by atoms with Gasteiger partial charge in [0, 0.05) is 28.5 Å². The van der Waals surface area contributed by atoms with Gasteiger partial charge < -0.3 is 10.5 Å². The van der Waals surface area contributed by atoms with Crippen molar-refractivity contribution >= 4 is 11.6 Å². The summed E-state index contributed by atoms with van der Waals surface area (Å²) in [6.07, 6.45) is 3.28. The molecule has 0 aromatic heterocycles. The Hall–Kier alpha value is -0.730. The van der Waals surface area contributed by atoms with E-state index in [9.17, 15) is 0 Å². The number of hydrogen-bond donors (Lipinski definition) is 1. The molecule has 1 aromatic rings. The van der Waals surface area contributed by atoms with Crippen LogP contribution in [0.2, 0.25) is 5.02 Å². The van der Waals surface area contributed by atoms with E-state index in [1.807, 2.05) is 12.1 Å². The molecule has 3 heteroatoms. The highest BCUT2D eigenvalue weighted by molar-refractivity contribution is 6.30. The maximum absolute atomic E-state index is 6.17. The van der Waals surface area contributed by atoms with E-state index in [1.165, 1.54) is 11.1 Å². The summed E-state index contributed by atoms with van der Waals surface area (Å²) in [4.78, 5) is 0. The van der Waals surface area contributed by atoms with Crippen LogP contribution in [0.1, 0.15) is 30.9 Å². The monoisotopic (exact) mass is 237 g/mol. The lowest BCUT2D eigenvalue weighted by Gasteiger charge is -2.22. The first-order valence-corrected chi connectivity index (χ1v) is 6.22. The molecule has 1 aromatic carbocycles. The maximum atomic E-state index is 6.17. The molecule has 0 bridgehead atoms. The van der Waals surface area contributed by atoms with Crippen molar-refractivity contribution in [2.24, 2.45) is 5.73 Å². The maximum Gasteiger partial charge on any atom is 0.126 e. The first-order chi connectivity index (χ1) is 7.63. The number of halogens is 1. The van der Waals surface area contributed by atoms with E-state index in [0.717, 1.165) is 36.6 Å². The van der Waals surface area contributed by atoms with Crippen molar-refractivity contribution in [2.75, 3.05) is 6.61 Å². The average Bonchev–Trinajstić information content (AvgIpc) is 2.91. The first-order valence-electron chi connectivity index (χ1n) is 5.85. The SMILES string of the molecule is CC(N)C1(c2cc(Cl)cc3c2OCC3)CC1. The van der Waals surface area contributed by atoms with Gasteiger partial charge in [0.25, 0.3) is 0 Å². The van der Waals surface area contributed by atoms with Crippen LogP contribution in [-0.4, -0.2) is 12.6 Å². The Morgan fingerprint density at radius 1 is 1.44 bits per heavy atom. The molecule has 1 aliphatic heterocycles. The van der Waals surface area contributed by atoms with Crippen LogP contribution in [-0.2, 0) is 11.8 Å². The Morgan fingerprint density at radius 3 is 2.81 bits per heavy atom.